The van der Waals surface area contributed by atoms with Gasteiger partial charge in [0, 0.05) is 23.2 Å². The summed E-state index contributed by atoms with van der Waals surface area (Å²) >= 11 is 1.36. The van der Waals surface area contributed by atoms with Crippen LogP contribution in [0.1, 0.15) is 29.8 Å². The minimum absolute atomic E-state index is 0.0255. The van der Waals surface area contributed by atoms with Gasteiger partial charge in [0.1, 0.15) is 5.69 Å². The number of nitrogens with one attached hydrogen (secondary N) is 2. The first-order valence-electron chi connectivity index (χ1n) is 8.03. The molecule has 2 aromatic rings. The number of amides is 2. The summed E-state index contributed by atoms with van der Waals surface area (Å²) in [5.74, 6) is 0.250. The van der Waals surface area contributed by atoms with Crippen LogP contribution in [0, 0.1) is 17.8 Å². The molecule has 0 aromatic carbocycles. The molecule has 126 valence electrons. The second-order valence-corrected chi connectivity index (χ2v) is 7.49. The zero-order valence-corrected chi connectivity index (χ0v) is 13.8. The van der Waals surface area contributed by atoms with Gasteiger partial charge < -0.3 is 21.8 Å². The largest absolute Gasteiger partial charge is 0.364 e. The van der Waals surface area contributed by atoms with Gasteiger partial charge in [-0.3, -0.25) is 9.59 Å². The van der Waals surface area contributed by atoms with Crippen molar-refractivity contribution in [3.05, 3.63) is 23.3 Å². The maximum atomic E-state index is 12.6. The zero-order valence-electron chi connectivity index (χ0n) is 13.0. The molecule has 4 unspecified atom stereocenters. The maximum Gasteiger partial charge on any atom is 0.265 e. The number of carbonyl (C=O) groups is 2. The Labute approximate surface area is 142 Å². The highest BCUT2D eigenvalue weighted by Gasteiger charge is 2.49. The summed E-state index contributed by atoms with van der Waals surface area (Å²) in [4.78, 5) is 30.9. The minimum atomic E-state index is -0.518. The Bertz CT molecular complexity index is 796. The number of primary amides is 1. The van der Waals surface area contributed by atoms with Crippen LogP contribution in [0.2, 0.25) is 0 Å². The lowest BCUT2D eigenvalue weighted by molar-refractivity contribution is -0.121. The minimum Gasteiger partial charge on any atom is -0.364 e. The molecular weight excluding hydrogens is 326 g/mol. The predicted molar refractivity (Wildman–Crippen MR) is 91.3 cm³/mol. The van der Waals surface area contributed by atoms with Gasteiger partial charge in [0.25, 0.3) is 5.91 Å². The van der Waals surface area contributed by atoms with Gasteiger partial charge in [0.05, 0.1) is 11.6 Å². The van der Waals surface area contributed by atoms with Crippen LogP contribution >= 0.6 is 11.3 Å². The molecule has 2 fully saturated rings. The fraction of sp³-hybridized carbons (Fsp3) is 0.438. The molecule has 2 heterocycles. The van der Waals surface area contributed by atoms with Crippen molar-refractivity contribution in [3.63, 3.8) is 0 Å². The maximum absolute atomic E-state index is 12.6. The van der Waals surface area contributed by atoms with E-state index in [1.165, 1.54) is 11.3 Å². The molecule has 2 aliphatic rings. The molecule has 0 spiro atoms. The van der Waals surface area contributed by atoms with Gasteiger partial charge in [0.2, 0.25) is 5.91 Å². The van der Waals surface area contributed by atoms with E-state index in [1.807, 2.05) is 5.38 Å². The lowest BCUT2D eigenvalue weighted by Crippen LogP contribution is -2.42. The van der Waals surface area contributed by atoms with E-state index in [0.29, 0.717) is 28.4 Å². The summed E-state index contributed by atoms with van der Waals surface area (Å²) in [5, 5.41) is 5.29. The summed E-state index contributed by atoms with van der Waals surface area (Å²) in [6, 6.07) is 1.61. The zero-order chi connectivity index (χ0) is 16.8. The number of thiazole rings is 1. The number of carbonyl (C=O) groups excluding carboxylic acids is 2. The van der Waals surface area contributed by atoms with E-state index in [9.17, 15) is 9.59 Å². The van der Waals surface area contributed by atoms with E-state index in [1.54, 1.807) is 12.3 Å². The number of anilines is 1. The van der Waals surface area contributed by atoms with Crippen molar-refractivity contribution in [1.29, 1.82) is 0 Å². The first kappa shape index (κ1) is 15.3. The average molecular weight is 345 g/mol. The number of fused-ring (bicyclic) bond motifs is 2. The summed E-state index contributed by atoms with van der Waals surface area (Å²) in [5.41, 5.74) is 13.2. The van der Waals surface area contributed by atoms with Crippen LogP contribution in [0.25, 0.3) is 11.3 Å². The Morgan fingerprint density at radius 3 is 2.79 bits per heavy atom. The van der Waals surface area contributed by atoms with Gasteiger partial charge in [-0.1, -0.05) is 0 Å². The van der Waals surface area contributed by atoms with Crippen molar-refractivity contribution in [3.8, 4) is 11.3 Å². The van der Waals surface area contributed by atoms with E-state index in [0.717, 1.165) is 24.8 Å². The highest BCUT2D eigenvalue weighted by atomic mass is 32.1. The standard InChI is InChI=1S/C16H19N5O2S/c17-13-8-2-1-7(3-8)12(13)15(23)21-16-20-11(6-24-16)9-4-10(14(18)22)19-5-9/h4-8,12-13,19H,1-3,17H2,(H2,18,22)(H,20,21,23). The highest BCUT2D eigenvalue weighted by Crippen LogP contribution is 2.48. The Balaban J connectivity index is 1.47. The first-order chi connectivity index (χ1) is 11.5. The lowest BCUT2D eigenvalue weighted by Gasteiger charge is -2.26. The second kappa shape index (κ2) is 5.71. The topological polar surface area (TPSA) is 127 Å². The van der Waals surface area contributed by atoms with E-state index >= 15 is 0 Å². The molecule has 2 amide bonds. The quantitative estimate of drug-likeness (QED) is 0.670. The summed E-state index contributed by atoms with van der Waals surface area (Å²) in [6.45, 7) is 0. The van der Waals surface area contributed by atoms with Crippen molar-refractivity contribution >= 4 is 28.3 Å². The molecule has 0 aliphatic heterocycles. The second-order valence-electron chi connectivity index (χ2n) is 6.63. The van der Waals surface area contributed by atoms with Crippen LogP contribution < -0.4 is 16.8 Å². The first-order valence-corrected chi connectivity index (χ1v) is 8.91. The van der Waals surface area contributed by atoms with Crippen LogP contribution in [0.4, 0.5) is 5.13 Å². The normalized spacial score (nSPS) is 28.2. The highest BCUT2D eigenvalue weighted by molar-refractivity contribution is 7.14. The molecule has 2 aromatic heterocycles. The Morgan fingerprint density at radius 2 is 2.12 bits per heavy atom. The van der Waals surface area contributed by atoms with E-state index in [-0.39, 0.29) is 17.9 Å². The van der Waals surface area contributed by atoms with Crippen molar-refractivity contribution < 1.29 is 9.59 Å². The number of rotatable bonds is 4. The molecule has 2 bridgehead atoms. The summed E-state index contributed by atoms with van der Waals surface area (Å²) in [7, 11) is 0. The summed E-state index contributed by atoms with van der Waals surface area (Å²) in [6.07, 6.45) is 4.99. The molecule has 24 heavy (non-hydrogen) atoms. The molecular formula is C16H19N5O2S. The van der Waals surface area contributed by atoms with Crippen LogP contribution in [-0.4, -0.2) is 27.8 Å². The monoisotopic (exact) mass is 345 g/mol. The van der Waals surface area contributed by atoms with Gasteiger partial charge in [-0.2, -0.15) is 0 Å². The van der Waals surface area contributed by atoms with Crippen molar-refractivity contribution in [2.24, 2.45) is 29.2 Å². The number of aromatic amines is 1. The van der Waals surface area contributed by atoms with E-state index in [4.69, 9.17) is 11.5 Å². The van der Waals surface area contributed by atoms with Crippen LogP contribution in [-0.2, 0) is 4.79 Å². The molecule has 6 N–H and O–H groups in total. The Hall–Kier alpha value is -2.19. The van der Waals surface area contributed by atoms with Crippen LogP contribution in [0.5, 0.6) is 0 Å². The van der Waals surface area contributed by atoms with Crippen LogP contribution in [0.15, 0.2) is 17.6 Å². The van der Waals surface area contributed by atoms with E-state index in [2.05, 4.69) is 15.3 Å². The van der Waals surface area contributed by atoms with E-state index < -0.39 is 5.91 Å². The Morgan fingerprint density at radius 1 is 1.33 bits per heavy atom. The number of hydrogen-bond donors (Lipinski definition) is 4. The third kappa shape index (κ3) is 2.51. The molecule has 4 atom stereocenters. The number of H-pyrrole nitrogens is 1. The van der Waals surface area contributed by atoms with Gasteiger partial charge in [-0.15, -0.1) is 11.3 Å². The average Bonchev–Trinajstić information content (AvgIpc) is 3.30. The number of aromatic nitrogens is 2. The fourth-order valence-electron chi connectivity index (χ4n) is 4.06. The van der Waals surface area contributed by atoms with Gasteiger partial charge in [-0.25, -0.2) is 4.98 Å². The molecule has 2 aliphatic carbocycles. The van der Waals surface area contributed by atoms with Crippen molar-refractivity contribution in [1.82, 2.24) is 9.97 Å². The van der Waals surface area contributed by atoms with Crippen molar-refractivity contribution in [2.75, 3.05) is 5.32 Å². The third-order valence-corrected chi connectivity index (χ3v) is 6.02. The van der Waals surface area contributed by atoms with Crippen LogP contribution in [0.3, 0.4) is 0 Å². The molecule has 0 saturated heterocycles. The fourth-order valence-corrected chi connectivity index (χ4v) is 4.78. The van der Waals surface area contributed by atoms with Crippen molar-refractivity contribution in [2.45, 2.75) is 25.3 Å². The van der Waals surface area contributed by atoms with Gasteiger partial charge in [-0.05, 0) is 37.2 Å². The smallest absolute Gasteiger partial charge is 0.265 e. The lowest BCUT2D eigenvalue weighted by atomic mass is 9.84. The molecule has 2 saturated carbocycles. The Kier molecular flexibility index (Phi) is 3.65. The third-order valence-electron chi connectivity index (χ3n) is 5.26. The van der Waals surface area contributed by atoms with Gasteiger partial charge >= 0.3 is 0 Å². The molecule has 7 nitrogen and oxygen atoms in total. The molecule has 4 rings (SSSR count). The molecule has 8 heteroatoms. The molecule has 0 radical (unpaired) electrons. The number of hydrogen-bond acceptors (Lipinski definition) is 5. The SMILES string of the molecule is NC(=O)c1cc(-c2csc(NC(=O)C3C4CCC(C4)C3N)n2)c[nH]1. The predicted octanol–water partition coefficient (Wildman–Crippen LogP) is 1.55. The number of nitrogens with two attached hydrogens (primary N) is 2. The van der Waals surface area contributed by atoms with Gasteiger partial charge in [0.15, 0.2) is 5.13 Å². The summed E-state index contributed by atoms with van der Waals surface area (Å²) < 4.78 is 0. The number of nitrogens with zero attached hydrogens (tertiary/aromatic N) is 1.